The number of aromatic nitrogens is 2. The molecule has 9 heteroatoms. The molecule has 1 atom stereocenters. The minimum Gasteiger partial charge on any atom is -0.497 e. The largest absolute Gasteiger partial charge is 0.497 e. The third-order valence-corrected chi connectivity index (χ3v) is 6.60. The number of rotatable bonds is 6. The van der Waals surface area contributed by atoms with E-state index in [0.717, 1.165) is 5.56 Å². The Morgan fingerprint density at radius 3 is 2.32 bits per heavy atom. The van der Waals surface area contributed by atoms with Crippen LogP contribution in [-0.2, 0) is 4.74 Å². The topological polar surface area (TPSA) is 102 Å². The summed E-state index contributed by atoms with van der Waals surface area (Å²) in [5, 5.41) is 0. The second-order valence-electron chi connectivity index (χ2n) is 9.50. The Balaban J connectivity index is 1.66. The van der Waals surface area contributed by atoms with Gasteiger partial charge in [-0.25, -0.2) is 14.8 Å². The fourth-order valence-electron chi connectivity index (χ4n) is 4.59. The van der Waals surface area contributed by atoms with Gasteiger partial charge in [0.05, 0.1) is 19.9 Å². The third-order valence-electron chi connectivity index (χ3n) is 6.60. The number of hydrogen-bond acceptors (Lipinski definition) is 7. The number of methoxy groups -OCH3 is 2. The van der Waals surface area contributed by atoms with Crippen molar-refractivity contribution in [3.05, 3.63) is 77.1 Å². The lowest BCUT2D eigenvalue weighted by Gasteiger charge is -2.40. The van der Waals surface area contributed by atoms with Crippen molar-refractivity contribution in [1.29, 1.82) is 0 Å². The summed E-state index contributed by atoms with van der Waals surface area (Å²) in [5.74, 6) is -0.368. The van der Waals surface area contributed by atoms with Gasteiger partial charge in [0.15, 0.2) is 5.82 Å². The number of carbonyl (C=O) groups excluding carboxylic acids is 3. The molecule has 0 radical (unpaired) electrons. The van der Waals surface area contributed by atoms with Crippen LogP contribution < -0.4 is 4.74 Å². The number of carbonyl (C=O) groups is 3. The molecule has 1 aliphatic rings. The summed E-state index contributed by atoms with van der Waals surface area (Å²) in [5.41, 5.74) is 1.80. The molecule has 38 heavy (non-hydrogen) atoms. The number of amides is 2. The van der Waals surface area contributed by atoms with Crippen molar-refractivity contribution in [3.8, 4) is 17.1 Å². The van der Waals surface area contributed by atoms with E-state index in [2.05, 4.69) is 9.97 Å². The molecule has 0 saturated carbocycles. The SMILES string of the molecule is COC(=O)c1c(C(=O)N2CCN(C(=O)c3cccc(OC)c3)C(C)C2)nc(-c2ccccc2)nc1C(C)C. The Labute approximate surface area is 222 Å². The van der Waals surface area contributed by atoms with Crippen molar-refractivity contribution in [2.24, 2.45) is 0 Å². The van der Waals surface area contributed by atoms with E-state index in [-0.39, 0.29) is 35.7 Å². The summed E-state index contributed by atoms with van der Waals surface area (Å²) < 4.78 is 10.3. The number of esters is 1. The first-order chi connectivity index (χ1) is 18.2. The van der Waals surface area contributed by atoms with Gasteiger partial charge in [-0.2, -0.15) is 0 Å². The predicted octanol–water partition coefficient (Wildman–Crippen LogP) is 4.05. The minimum absolute atomic E-state index is 0.00850. The Bertz CT molecular complexity index is 1340. The van der Waals surface area contributed by atoms with Crippen LogP contribution in [0.2, 0.25) is 0 Å². The maximum atomic E-state index is 13.9. The van der Waals surface area contributed by atoms with E-state index < -0.39 is 11.9 Å². The lowest BCUT2D eigenvalue weighted by Crippen LogP contribution is -2.55. The smallest absolute Gasteiger partial charge is 0.342 e. The molecule has 1 aliphatic heterocycles. The molecule has 198 valence electrons. The Kier molecular flexibility index (Phi) is 8.05. The van der Waals surface area contributed by atoms with Gasteiger partial charge in [0.1, 0.15) is 17.0 Å². The van der Waals surface area contributed by atoms with Gasteiger partial charge in [0.25, 0.3) is 11.8 Å². The van der Waals surface area contributed by atoms with Crippen LogP contribution in [0.25, 0.3) is 11.4 Å². The second-order valence-corrected chi connectivity index (χ2v) is 9.50. The van der Waals surface area contributed by atoms with E-state index >= 15 is 0 Å². The molecule has 1 aromatic heterocycles. The van der Waals surface area contributed by atoms with E-state index in [0.29, 0.717) is 35.9 Å². The van der Waals surface area contributed by atoms with Crippen LogP contribution in [0.5, 0.6) is 5.75 Å². The zero-order valence-electron chi connectivity index (χ0n) is 22.3. The molecule has 0 aliphatic carbocycles. The number of hydrogen-bond donors (Lipinski definition) is 0. The predicted molar refractivity (Wildman–Crippen MR) is 142 cm³/mol. The van der Waals surface area contributed by atoms with Crippen molar-refractivity contribution in [1.82, 2.24) is 19.8 Å². The molecule has 2 heterocycles. The summed E-state index contributed by atoms with van der Waals surface area (Å²) in [7, 11) is 2.83. The Hall–Kier alpha value is -4.27. The van der Waals surface area contributed by atoms with Gasteiger partial charge in [-0.1, -0.05) is 50.2 Å². The summed E-state index contributed by atoms with van der Waals surface area (Å²) in [6.07, 6.45) is 0. The first-order valence-corrected chi connectivity index (χ1v) is 12.5. The van der Waals surface area contributed by atoms with Crippen molar-refractivity contribution in [2.45, 2.75) is 32.7 Å². The maximum Gasteiger partial charge on any atom is 0.342 e. The molecule has 1 fully saturated rings. The van der Waals surface area contributed by atoms with Crippen LogP contribution in [0, 0.1) is 0 Å². The van der Waals surface area contributed by atoms with Crippen LogP contribution in [0.3, 0.4) is 0 Å². The van der Waals surface area contributed by atoms with Crippen LogP contribution in [0.15, 0.2) is 54.6 Å². The van der Waals surface area contributed by atoms with Gasteiger partial charge in [0, 0.05) is 36.8 Å². The molecule has 4 rings (SSSR count). The van der Waals surface area contributed by atoms with Gasteiger partial charge in [-0.3, -0.25) is 9.59 Å². The number of ether oxygens (including phenoxy) is 2. The van der Waals surface area contributed by atoms with Crippen molar-refractivity contribution in [3.63, 3.8) is 0 Å². The molecule has 0 bridgehead atoms. The van der Waals surface area contributed by atoms with Crippen LogP contribution >= 0.6 is 0 Å². The van der Waals surface area contributed by atoms with E-state index in [9.17, 15) is 14.4 Å². The summed E-state index contributed by atoms with van der Waals surface area (Å²) in [4.78, 5) is 52.6. The van der Waals surface area contributed by atoms with E-state index in [4.69, 9.17) is 9.47 Å². The Morgan fingerprint density at radius 2 is 1.68 bits per heavy atom. The lowest BCUT2D eigenvalue weighted by atomic mass is 10.00. The van der Waals surface area contributed by atoms with E-state index in [1.807, 2.05) is 51.1 Å². The highest BCUT2D eigenvalue weighted by Gasteiger charge is 2.35. The molecule has 9 nitrogen and oxygen atoms in total. The minimum atomic E-state index is -0.656. The highest BCUT2D eigenvalue weighted by Crippen LogP contribution is 2.27. The highest BCUT2D eigenvalue weighted by molar-refractivity contribution is 6.05. The summed E-state index contributed by atoms with van der Waals surface area (Å²) in [6, 6.07) is 16.1. The second kappa shape index (κ2) is 11.4. The molecule has 1 unspecified atom stereocenters. The number of piperazine rings is 1. The normalized spacial score (nSPS) is 15.4. The van der Waals surface area contributed by atoms with Gasteiger partial charge in [-0.05, 0) is 31.0 Å². The zero-order chi connectivity index (χ0) is 27.4. The molecule has 0 spiro atoms. The van der Waals surface area contributed by atoms with Crippen LogP contribution in [0.4, 0.5) is 0 Å². The fraction of sp³-hybridized carbons (Fsp3) is 0.345. The van der Waals surface area contributed by atoms with Crippen LogP contribution in [-0.4, -0.2) is 77.4 Å². The summed E-state index contributed by atoms with van der Waals surface area (Å²) in [6.45, 7) is 6.63. The molecular weight excluding hydrogens is 484 g/mol. The number of nitrogens with zero attached hydrogens (tertiary/aromatic N) is 4. The van der Waals surface area contributed by atoms with Crippen LogP contribution in [0.1, 0.15) is 63.6 Å². The molecule has 2 amide bonds. The van der Waals surface area contributed by atoms with Gasteiger partial charge in [0.2, 0.25) is 0 Å². The first-order valence-electron chi connectivity index (χ1n) is 12.5. The van der Waals surface area contributed by atoms with Crippen molar-refractivity contribution >= 4 is 17.8 Å². The molecule has 0 N–H and O–H groups in total. The molecule has 3 aromatic rings. The van der Waals surface area contributed by atoms with Gasteiger partial charge in [-0.15, -0.1) is 0 Å². The van der Waals surface area contributed by atoms with Crippen molar-refractivity contribution in [2.75, 3.05) is 33.9 Å². The Morgan fingerprint density at radius 1 is 0.947 bits per heavy atom. The average molecular weight is 517 g/mol. The summed E-state index contributed by atoms with van der Waals surface area (Å²) >= 11 is 0. The zero-order valence-corrected chi connectivity index (χ0v) is 22.3. The molecular formula is C29H32N4O5. The first kappa shape index (κ1) is 26.8. The maximum absolute atomic E-state index is 13.9. The number of benzene rings is 2. The van der Waals surface area contributed by atoms with Gasteiger partial charge >= 0.3 is 5.97 Å². The standard InChI is InChI=1S/C29H32N4O5/c1-18(2)24-23(29(36)38-5)25(31-26(30-24)20-10-7-6-8-11-20)28(35)32-14-15-33(19(3)17-32)27(34)21-12-9-13-22(16-21)37-4/h6-13,16,18-19H,14-15,17H2,1-5H3. The van der Waals surface area contributed by atoms with Crippen molar-refractivity contribution < 1.29 is 23.9 Å². The molecule has 2 aromatic carbocycles. The van der Waals surface area contributed by atoms with Gasteiger partial charge < -0.3 is 19.3 Å². The van der Waals surface area contributed by atoms with E-state index in [1.165, 1.54) is 7.11 Å². The van der Waals surface area contributed by atoms with E-state index in [1.54, 1.807) is 41.2 Å². The quantitative estimate of drug-likeness (QED) is 0.456. The molecule has 1 saturated heterocycles. The average Bonchev–Trinajstić information content (AvgIpc) is 2.95. The monoisotopic (exact) mass is 516 g/mol. The lowest BCUT2D eigenvalue weighted by molar-refractivity contribution is 0.0408. The highest BCUT2D eigenvalue weighted by atomic mass is 16.5. The fourth-order valence-corrected chi connectivity index (χ4v) is 4.59. The third kappa shape index (κ3) is 5.37.